The first kappa shape index (κ1) is 30.0. The van der Waals surface area contributed by atoms with Crippen molar-refractivity contribution in [1.29, 1.82) is 0 Å². The van der Waals surface area contributed by atoms with E-state index in [4.69, 9.17) is 5.73 Å². The van der Waals surface area contributed by atoms with Crippen molar-refractivity contribution >= 4 is 11.8 Å². The Morgan fingerprint density at radius 1 is 1.03 bits per heavy atom. The minimum atomic E-state index is -5.00. The number of halogens is 6. The molecule has 2 aromatic rings. The molecule has 0 atom stereocenters. The van der Waals surface area contributed by atoms with Gasteiger partial charge in [0.15, 0.2) is 0 Å². The van der Waals surface area contributed by atoms with Crippen molar-refractivity contribution < 1.29 is 31.4 Å². The van der Waals surface area contributed by atoms with Gasteiger partial charge in [-0.1, -0.05) is 17.9 Å². The molecule has 0 unspecified atom stereocenters. The highest BCUT2D eigenvalue weighted by atomic mass is 19.4. The van der Waals surface area contributed by atoms with Crippen LogP contribution in [0.3, 0.4) is 0 Å². The van der Waals surface area contributed by atoms with Gasteiger partial charge in [0.25, 0.3) is 0 Å². The lowest BCUT2D eigenvalue weighted by Crippen LogP contribution is -2.37. The third-order valence-corrected chi connectivity index (χ3v) is 6.51. The van der Waals surface area contributed by atoms with E-state index in [2.05, 4.69) is 20.4 Å². The van der Waals surface area contributed by atoms with Gasteiger partial charge in [0.2, 0.25) is 5.96 Å². The first-order valence-corrected chi connectivity index (χ1v) is 12.4. The van der Waals surface area contributed by atoms with Crippen LogP contribution in [0.2, 0.25) is 0 Å². The monoisotopic (exact) mass is 559 g/mol. The second-order valence-electron chi connectivity index (χ2n) is 9.38. The minimum absolute atomic E-state index is 0.0655. The van der Waals surface area contributed by atoms with Crippen molar-refractivity contribution in [2.24, 2.45) is 27.1 Å². The van der Waals surface area contributed by atoms with E-state index in [-0.39, 0.29) is 29.9 Å². The summed E-state index contributed by atoms with van der Waals surface area (Å²) in [5, 5.41) is 20.8. The lowest BCUT2D eigenvalue weighted by Gasteiger charge is -2.30. The van der Waals surface area contributed by atoms with Gasteiger partial charge in [-0.2, -0.15) is 31.5 Å². The number of anilines is 1. The Balaban J connectivity index is 2.03. The standard InChI is InChI=1S/C25H31F6N7O/c1-3-37(13-16-6-4-5-7-16)22-18(10-21(39)12-34-22)15-38(23(32)35-36-33-2)14-17-8-19(24(26,27)28)11-20(9-17)25(29,30)31/h8-12,16,39H,3-7,13-15H2,1-2H3,(H2,32,33,35). The molecule has 0 saturated heterocycles. The van der Waals surface area contributed by atoms with Gasteiger partial charge in [-0.05, 0) is 60.7 Å². The van der Waals surface area contributed by atoms with Crippen LogP contribution in [0.15, 0.2) is 45.9 Å². The van der Waals surface area contributed by atoms with Crippen LogP contribution in [0.1, 0.15) is 54.9 Å². The zero-order valence-electron chi connectivity index (χ0n) is 21.6. The number of benzene rings is 1. The summed E-state index contributed by atoms with van der Waals surface area (Å²) in [4.78, 5) is 7.69. The normalized spacial score (nSPS) is 15.3. The van der Waals surface area contributed by atoms with Crippen LogP contribution >= 0.6 is 0 Å². The average Bonchev–Trinajstić information content (AvgIpc) is 3.38. The third-order valence-electron chi connectivity index (χ3n) is 6.51. The highest BCUT2D eigenvalue weighted by Gasteiger charge is 2.37. The van der Waals surface area contributed by atoms with E-state index in [0.717, 1.165) is 32.2 Å². The summed E-state index contributed by atoms with van der Waals surface area (Å²) in [6, 6.07) is 2.78. The topological polar surface area (TPSA) is 103 Å². The van der Waals surface area contributed by atoms with Gasteiger partial charge in [-0.3, -0.25) is 0 Å². The largest absolute Gasteiger partial charge is 0.506 e. The molecule has 14 heteroatoms. The van der Waals surface area contributed by atoms with Gasteiger partial charge in [-0.15, -0.1) is 0 Å². The molecule has 3 rings (SSSR count). The molecule has 3 N–H and O–H groups in total. The number of pyridine rings is 1. The molecule has 1 heterocycles. The van der Waals surface area contributed by atoms with Gasteiger partial charge >= 0.3 is 12.4 Å². The van der Waals surface area contributed by atoms with Gasteiger partial charge < -0.3 is 20.6 Å². The van der Waals surface area contributed by atoms with Gasteiger partial charge in [0.1, 0.15) is 11.6 Å². The van der Waals surface area contributed by atoms with E-state index in [0.29, 0.717) is 36.0 Å². The van der Waals surface area contributed by atoms with Crippen LogP contribution in [-0.4, -0.2) is 41.1 Å². The Morgan fingerprint density at radius 2 is 1.64 bits per heavy atom. The number of guanidine groups is 1. The number of hydrogen-bond acceptors (Lipinski definition) is 5. The van der Waals surface area contributed by atoms with Crippen molar-refractivity contribution in [2.45, 2.75) is 58.0 Å². The van der Waals surface area contributed by atoms with Crippen LogP contribution in [0, 0.1) is 5.92 Å². The average molecular weight is 560 g/mol. The zero-order valence-corrected chi connectivity index (χ0v) is 21.6. The van der Waals surface area contributed by atoms with E-state index in [9.17, 15) is 31.4 Å². The molecule has 0 spiro atoms. The smallest absolute Gasteiger partial charge is 0.416 e. The van der Waals surface area contributed by atoms with E-state index in [1.54, 1.807) is 0 Å². The fraction of sp³-hybridized carbons (Fsp3) is 0.520. The number of rotatable bonds is 9. The predicted molar refractivity (Wildman–Crippen MR) is 134 cm³/mol. The van der Waals surface area contributed by atoms with Crippen molar-refractivity contribution in [3.63, 3.8) is 0 Å². The summed E-state index contributed by atoms with van der Waals surface area (Å²) >= 11 is 0. The van der Waals surface area contributed by atoms with Crippen LogP contribution in [-0.2, 0) is 25.4 Å². The molecule has 214 valence electrons. The molecule has 8 nitrogen and oxygen atoms in total. The van der Waals surface area contributed by atoms with Crippen LogP contribution in [0.4, 0.5) is 32.2 Å². The van der Waals surface area contributed by atoms with Gasteiger partial charge in [0.05, 0.1) is 24.4 Å². The maximum Gasteiger partial charge on any atom is 0.416 e. The maximum absolute atomic E-state index is 13.4. The molecular weight excluding hydrogens is 528 g/mol. The summed E-state index contributed by atoms with van der Waals surface area (Å²) in [5.74, 6) is 0.539. The molecule has 1 fully saturated rings. The van der Waals surface area contributed by atoms with E-state index in [1.165, 1.54) is 24.2 Å². The Morgan fingerprint density at radius 3 is 2.18 bits per heavy atom. The number of aromatic nitrogens is 1. The Kier molecular flexibility index (Phi) is 9.62. The molecule has 1 aliphatic rings. The van der Waals surface area contributed by atoms with Crippen molar-refractivity contribution in [2.75, 3.05) is 25.0 Å². The summed E-state index contributed by atoms with van der Waals surface area (Å²) < 4.78 is 80.6. The molecule has 0 amide bonds. The molecular formula is C25H31F6N7O. The zero-order chi connectivity index (χ0) is 28.8. The van der Waals surface area contributed by atoms with Crippen LogP contribution < -0.4 is 10.6 Å². The van der Waals surface area contributed by atoms with Crippen molar-refractivity contribution in [3.05, 3.63) is 52.7 Å². The molecule has 1 aromatic heterocycles. The summed E-state index contributed by atoms with van der Waals surface area (Å²) in [5.41, 5.74) is 3.34. The highest BCUT2D eigenvalue weighted by Crippen LogP contribution is 2.37. The van der Waals surface area contributed by atoms with E-state index in [1.807, 2.05) is 11.8 Å². The SMILES string of the molecule is CCN(CC1CCCC1)c1ncc(O)cc1CN(Cc1cc(C(F)(F)F)cc(C(F)(F)F)c1)/C(N)=N/N=NC. The van der Waals surface area contributed by atoms with Crippen LogP contribution in [0.25, 0.3) is 0 Å². The maximum atomic E-state index is 13.4. The van der Waals surface area contributed by atoms with E-state index >= 15 is 0 Å². The van der Waals surface area contributed by atoms with E-state index < -0.39 is 30.0 Å². The molecule has 0 bridgehead atoms. The lowest BCUT2D eigenvalue weighted by molar-refractivity contribution is -0.143. The molecule has 0 aliphatic heterocycles. The number of nitrogens with zero attached hydrogens (tertiary/aromatic N) is 6. The van der Waals surface area contributed by atoms with Gasteiger partial charge in [0, 0.05) is 31.7 Å². The predicted octanol–water partition coefficient (Wildman–Crippen LogP) is 6.16. The molecule has 1 aromatic carbocycles. The molecule has 1 saturated carbocycles. The summed E-state index contributed by atoms with van der Waals surface area (Å²) in [7, 11) is 1.32. The fourth-order valence-corrected chi connectivity index (χ4v) is 4.67. The second-order valence-corrected chi connectivity index (χ2v) is 9.38. The Labute approximate surface area is 222 Å². The molecule has 1 aliphatic carbocycles. The van der Waals surface area contributed by atoms with Gasteiger partial charge in [-0.25, -0.2) is 4.98 Å². The van der Waals surface area contributed by atoms with Crippen molar-refractivity contribution in [1.82, 2.24) is 9.88 Å². The highest BCUT2D eigenvalue weighted by molar-refractivity contribution is 5.78. The third kappa shape index (κ3) is 8.20. The summed E-state index contributed by atoms with van der Waals surface area (Å²) in [6.07, 6.45) is -4.28. The first-order valence-electron chi connectivity index (χ1n) is 12.4. The minimum Gasteiger partial charge on any atom is -0.506 e. The fourth-order valence-electron chi connectivity index (χ4n) is 4.67. The van der Waals surface area contributed by atoms with Crippen LogP contribution in [0.5, 0.6) is 5.75 Å². The quantitative estimate of drug-likeness (QED) is 0.126. The molecule has 0 radical (unpaired) electrons. The number of hydrogen-bond donors (Lipinski definition) is 2. The summed E-state index contributed by atoms with van der Waals surface area (Å²) in [6.45, 7) is 2.66. The lowest BCUT2D eigenvalue weighted by atomic mass is 10.0. The molecule has 39 heavy (non-hydrogen) atoms. The number of alkyl halides is 6. The Bertz CT molecular complexity index is 1140. The van der Waals surface area contributed by atoms with Crippen molar-refractivity contribution in [3.8, 4) is 5.75 Å². The second kappa shape index (κ2) is 12.5. The first-order chi connectivity index (χ1) is 18.3. The Hall–Kier alpha value is -3.58. The number of nitrogens with two attached hydrogens (primary N) is 1. The number of aromatic hydroxyl groups is 1.